The number of carbonyl (C=O) groups excluding carboxylic acids is 2. The molecule has 2 aliphatic carbocycles. The third-order valence-corrected chi connectivity index (χ3v) is 9.57. The van der Waals surface area contributed by atoms with Crippen LogP contribution in [0.25, 0.3) is 0 Å². The summed E-state index contributed by atoms with van der Waals surface area (Å²) in [4.78, 5) is 23.8. The van der Waals surface area contributed by atoms with Crippen molar-refractivity contribution in [3.63, 3.8) is 0 Å². The van der Waals surface area contributed by atoms with E-state index in [1.165, 1.54) is 68.2 Å². The summed E-state index contributed by atoms with van der Waals surface area (Å²) >= 11 is 0. The van der Waals surface area contributed by atoms with E-state index in [0.717, 1.165) is 52.0 Å². The number of amides is 2. The zero-order chi connectivity index (χ0) is 33.9. The maximum absolute atomic E-state index is 11.9. The molecule has 0 spiro atoms. The van der Waals surface area contributed by atoms with E-state index in [2.05, 4.69) is 76.6 Å². The first-order valence-corrected chi connectivity index (χ1v) is 17.6. The van der Waals surface area contributed by atoms with E-state index in [9.17, 15) is 9.59 Å². The number of hydrogen-bond donors (Lipinski definition) is 3. The molecule has 0 atom stereocenters. The molecule has 4 aromatic carbocycles. The summed E-state index contributed by atoms with van der Waals surface area (Å²) < 4.78 is 6.01. The second kappa shape index (κ2) is 17.0. The molecule has 2 amide bonds. The van der Waals surface area contributed by atoms with Crippen LogP contribution >= 0.6 is 0 Å². The van der Waals surface area contributed by atoms with Crippen LogP contribution in [0.2, 0.25) is 0 Å². The first-order valence-electron chi connectivity index (χ1n) is 17.6. The van der Waals surface area contributed by atoms with Crippen molar-refractivity contribution in [2.75, 3.05) is 19.4 Å². The van der Waals surface area contributed by atoms with Gasteiger partial charge < -0.3 is 20.7 Å². The molecular weight excluding hydrogens is 594 g/mol. The monoisotopic (exact) mass is 645 g/mol. The molecule has 252 valence electrons. The number of hydrogen-bond acceptors (Lipinski definition) is 4. The van der Waals surface area contributed by atoms with E-state index in [1.807, 2.05) is 38.1 Å². The van der Waals surface area contributed by atoms with Gasteiger partial charge in [-0.05, 0) is 135 Å². The minimum atomic E-state index is -0.0327. The smallest absolute Gasteiger partial charge is 0.251 e. The Morgan fingerprint density at radius 3 is 1.52 bits per heavy atom. The third-order valence-electron chi connectivity index (χ3n) is 9.57. The Balaban J connectivity index is 0.000000188. The van der Waals surface area contributed by atoms with Gasteiger partial charge in [0.25, 0.3) is 11.8 Å². The molecule has 2 fully saturated rings. The maximum Gasteiger partial charge on any atom is 0.251 e. The molecule has 3 N–H and O–H groups in total. The molecule has 2 saturated carbocycles. The van der Waals surface area contributed by atoms with E-state index in [1.54, 1.807) is 14.1 Å². The van der Waals surface area contributed by atoms with Crippen LogP contribution in [0.3, 0.4) is 0 Å². The SMILES string of the molecule is CNC(=O)c1cc(Cc2ccc(NC3CCCC3)cc2)ccc1C.CNC(=O)c1cc(Cc2ccc(OC3CCCC3)cc2)ccc1C. The van der Waals surface area contributed by atoms with E-state index < -0.39 is 0 Å². The summed E-state index contributed by atoms with van der Waals surface area (Å²) in [5, 5.41) is 9.03. The van der Waals surface area contributed by atoms with Crippen molar-refractivity contribution in [3.8, 4) is 5.75 Å². The molecule has 6 heteroatoms. The summed E-state index contributed by atoms with van der Waals surface area (Å²) in [7, 11) is 3.34. The van der Waals surface area contributed by atoms with Crippen LogP contribution in [0.15, 0.2) is 84.9 Å². The predicted octanol–water partition coefficient (Wildman–Crippen LogP) is 8.57. The fourth-order valence-corrected chi connectivity index (χ4v) is 6.70. The highest BCUT2D eigenvalue weighted by Crippen LogP contribution is 2.26. The van der Waals surface area contributed by atoms with Gasteiger partial charge in [0.15, 0.2) is 0 Å². The molecule has 0 heterocycles. The van der Waals surface area contributed by atoms with Gasteiger partial charge in [-0.1, -0.05) is 61.4 Å². The summed E-state index contributed by atoms with van der Waals surface area (Å²) in [5.74, 6) is 0.903. The minimum absolute atomic E-state index is 0.0227. The van der Waals surface area contributed by atoms with Gasteiger partial charge in [0.2, 0.25) is 0 Å². The Bertz CT molecular complexity index is 1530. The highest BCUT2D eigenvalue weighted by molar-refractivity contribution is 5.96. The van der Waals surface area contributed by atoms with Gasteiger partial charge in [-0.2, -0.15) is 0 Å². The molecule has 4 aromatic rings. The van der Waals surface area contributed by atoms with Crippen molar-refractivity contribution < 1.29 is 14.3 Å². The highest BCUT2D eigenvalue weighted by Gasteiger charge is 2.17. The second-order valence-corrected chi connectivity index (χ2v) is 13.3. The van der Waals surface area contributed by atoms with Crippen LogP contribution in [0.4, 0.5) is 5.69 Å². The number of benzene rings is 4. The number of rotatable bonds is 10. The molecule has 0 aromatic heterocycles. The van der Waals surface area contributed by atoms with Crippen molar-refractivity contribution in [1.82, 2.24) is 10.6 Å². The van der Waals surface area contributed by atoms with Crippen LogP contribution in [0.1, 0.15) is 105 Å². The Hall–Kier alpha value is -4.58. The molecule has 0 radical (unpaired) electrons. The maximum atomic E-state index is 11.9. The van der Waals surface area contributed by atoms with Crippen molar-refractivity contribution in [2.24, 2.45) is 0 Å². The normalized spacial score (nSPS) is 14.6. The van der Waals surface area contributed by atoms with Gasteiger partial charge in [0.05, 0.1) is 6.10 Å². The molecule has 6 nitrogen and oxygen atoms in total. The fourth-order valence-electron chi connectivity index (χ4n) is 6.70. The van der Waals surface area contributed by atoms with Crippen LogP contribution in [0.5, 0.6) is 5.75 Å². The average Bonchev–Trinajstić information content (AvgIpc) is 3.83. The Morgan fingerprint density at radius 2 is 1.04 bits per heavy atom. The van der Waals surface area contributed by atoms with Gasteiger partial charge >= 0.3 is 0 Å². The van der Waals surface area contributed by atoms with E-state index in [0.29, 0.717) is 12.1 Å². The molecule has 6 rings (SSSR count). The molecule has 0 unspecified atom stereocenters. The van der Waals surface area contributed by atoms with Gasteiger partial charge in [0.1, 0.15) is 5.75 Å². The van der Waals surface area contributed by atoms with Gasteiger partial charge in [-0.3, -0.25) is 9.59 Å². The Kier molecular flexibility index (Phi) is 12.3. The fraction of sp³-hybridized carbons (Fsp3) is 0.381. The Labute approximate surface area is 286 Å². The summed E-state index contributed by atoms with van der Waals surface area (Å²) in [6, 6.07) is 29.9. The first-order chi connectivity index (χ1) is 23.3. The molecule has 0 saturated heterocycles. The summed E-state index contributed by atoms with van der Waals surface area (Å²) in [5.41, 5.74) is 9.51. The number of anilines is 1. The van der Waals surface area contributed by atoms with E-state index in [-0.39, 0.29) is 11.8 Å². The minimum Gasteiger partial charge on any atom is -0.490 e. The van der Waals surface area contributed by atoms with Crippen LogP contribution in [0, 0.1) is 13.8 Å². The molecule has 2 aliphatic rings. The molecule has 0 aliphatic heterocycles. The standard InChI is InChI=1S/C21H26N2O.C21H25NO2/c1-15-7-8-17(14-20(15)21(24)22-2)13-16-9-11-19(12-10-16)23-18-5-3-4-6-18;1-15-7-8-17(14-20(15)21(23)22-2)13-16-9-11-19(12-10-16)24-18-5-3-4-6-18/h7-12,14,18,23H,3-6,13H2,1-2H3,(H,22,24);7-12,14,18H,3-6,13H2,1-2H3,(H,22,23). The first kappa shape index (κ1) is 34.7. The van der Waals surface area contributed by atoms with Gasteiger partial charge in [-0.15, -0.1) is 0 Å². The zero-order valence-electron chi connectivity index (χ0n) is 29.0. The summed E-state index contributed by atoms with van der Waals surface area (Å²) in [6.45, 7) is 3.93. The lowest BCUT2D eigenvalue weighted by atomic mass is 9.99. The van der Waals surface area contributed by atoms with Crippen LogP contribution in [-0.2, 0) is 12.8 Å². The summed E-state index contributed by atoms with van der Waals surface area (Å²) in [6.07, 6.45) is 12.2. The topological polar surface area (TPSA) is 79.5 Å². The highest BCUT2D eigenvalue weighted by atomic mass is 16.5. The second-order valence-electron chi connectivity index (χ2n) is 13.3. The lowest BCUT2D eigenvalue weighted by Gasteiger charge is -2.14. The number of nitrogens with one attached hydrogen (secondary N) is 3. The largest absolute Gasteiger partial charge is 0.490 e. The molecular formula is C42H51N3O3. The lowest BCUT2D eigenvalue weighted by molar-refractivity contribution is 0.0954. The molecule has 0 bridgehead atoms. The quantitative estimate of drug-likeness (QED) is 0.161. The van der Waals surface area contributed by atoms with Crippen molar-refractivity contribution in [3.05, 3.63) is 129 Å². The predicted molar refractivity (Wildman–Crippen MR) is 196 cm³/mol. The molecule has 48 heavy (non-hydrogen) atoms. The van der Waals surface area contributed by atoms with Crippen molar-refractivity contribution >= 4 is 17.5 Å². The van der Waals surface area contributed by atoms with Crippen molar-refractivity contribution in [1.29, 1.82) is 0 Å². The van der Waals surface area contributed by atoms with Crippen LogP contribution in [-0.4, -0.2) is 38.1 Å². The lowest BCUT2D eigenvalue weighted by Crippen LogP contribution is -2.19. The van der Waals surface area contributed by atoms with E-state index in [4.69, 9.17) is 4.74 Å². The van der Waals surface area contributed by atoms with E-state index >= 15 is 0 Å². The third kappa shape index (κ3) is 9.72. The number of ether oxygens (including phenoxy) is 1. The van der Waals surface area contributed by atoms with Crippen LogP contribution < -0.4 is 20.7 Å². The Morgan fingerprint density at radius 1 is 0.604 bits per heavy atom. The number of aryl methyl sites for hydroxylation is 2. The van der Waals surface area contributed by atoms with Gasteiger partial charge in [0, 0.05) is 37.0 Å². The number of carbonyl (C=O) groups is 2. The average molecular weight is 646 g/mol. The van der Waals surface area contributed by atoms with Gasteiger partial charge in [-0.25, -0.2) is 0 Å². The zero-order valence-corrected chi connectivity index (χ0v) is 29.0. The van der Waals surface area contributed by atoms with Crippen molar-refractivity contribution in [2.45, 2.75) is 90.2 Å².